The number of hydrogen-bond donors (Lipinski definition) is 9. The van der Waals surface area contributed by atoms with E-state index in [9.17, 15) is 38.4 Å². The Bertz CT molecular complexity index is 831. The quantitative estimate of drug-likeness (QED) is 0.108. The number of aliphatic carboxylic acids is 1. The van der Waals surface area contributed by atoms with Crippen LogP contribution in [0.1, 0.15) is 25.7 Å². The minimum absolute atomic E-state index is 0.583. The average Bonchev–Trinajstić information content (AvgIpc) is 2.64. The molecule has 0 spiro atoms. The number of rotatable bonds is 15. The Balaban J connectivity index is 5.58. The van der Waals surface area contributed by atoms with Crippen molar-refractivity contribution in [2.45, 2.75) is 49.9 Å². The maximum absolute atomic E-state index is 12.6. The lowest BCUT2D eigenvalue weighted by atomic mass is 10.1. The lowest BCUT2D eigenvalue weighted by Gasteiger charge is -2.24. The van der Waals surface area contributed by atoms with Crippen molar-refractivity contribution in [1.29, 1.82) is 0 Å². The number of carbonyl (C=O) groups is 8. The second kappa shape index (κ2) is 13.2. The monoisotopic (exact) mass is 474 g/mol. The number of primary amides is 4. The van der Waals surface area contributed by atoms with Crippen LogP contribution in [0.25, 0.3) is 0 Å². The predicted octanol–water partition coefficient (Wildman–Crippen LogP) is -6.65. The van der Waals surface area contributed by atoms with Gasteiger partial charge in [0.15, 0.2) is 0 Å². The van der Waals surface area contributed by atoms with E-state index in [0.717, 1.165) is 0 Å². The Labute approximate surface area is 186 Å². The van der Waals surface area contributed by atoms with E-state index in [4.69, 9.17) is 33.8 Å². The molecule has 7 amide bonds. The first-order valence-corrected chi connectivity index (χ1v) is 9.16. The van der Waals surface area contributed by atoms with E-state index in [0.29, 0.717) is 0 Å². The first-order valence-electron chi connectivity index (χ1n) is 9.16. The molecule has 0 radical (unpaired) electrons. The molecular formula is C16H26N8O9. The standard InChI is InChI=1S/C16H26N8O9/c17-5(1-9(18)25)13(29)22-6(2-10(19)26)14(30)23-7(3-11(20)27)15(31)24-8(16(32)33)4-12(21)28/h5-8H,1-4,17H2,(H2,18,25)(H2,19,26)(H2,20,27)(H2,21,28)(H,22,29)(H,23,30)(H,24,31)(H,32,33). The maximum Gasteiger partial charge on any atom is 0.326 e. The molecule has 0 rings (SSSR count). The highest BCUT2D eigenvalue weighted by Gasteiger charge is 2.32. The van der Waals surface area contributed by atoms with Gasteiger partial charge in [0.2, 0.25) is 41.4 Å². The predicted molar refractivity (Wildman–Crippen MR) is 107 cm³/mol. The van der Waals surface area contributed by atoms with Crippen molar-refractivity contribution in [3.63, 3.8) is 0 Å². The van der Waals surface area contributed by atoms with E-state index >= 15 is 0 Å². The smallest absolute Gasteiger partial charge is 0.326 e. The number of carbonyl (C=O) groups excluding carboxylic acids is 7. The van der Waals surface area contributed by atoms with Crippen LogP contribution >= 0.6 is 0 Å². The van der Waals surface area contributed by atoms with Crippen LogP contribution in [0.15, 0.2) is 0 Å². The number of carboxylic acid groups (broad SMARTS) is 1. The lowest BCUT2D eigenvalue weighted by molar-refractivity contribution is -0.144. The van der Waals surface area contributed by atoms with Gasteiger partial charge in [-0.25, -0.2) is 4.79 Å². The molecule has 0 saturated carbocycles. The molecule has 0 saturated heterocycles. The van der Waals surface area contributed by atoms with Gasteiger partial charge in [-0.05, 0) is 0 Å². The summed E-state index contributed by atoms with van der Waals surface area (Å²) in [4.78, 5) is 92.7. The molecule has 0 heterocycles. The van der Waals surface area contributed by atoms with Gasteiger partial charge in [0.25, 0.3) is 0 Å². The molecule has 0 aliphatic heterocycles. The van der Waals surface area contributed by atoms with E-state index in [1.165, 1.54) is 0 Å². The van der Waals surface area contributed by atoms with Gasteiger partial charge in [-0.2, -0.15) is 0 Å². The molecule has 17 heteroatoms. The Hall–Kier alpha value is -4.28. The van der Waals surface area contributed by atoms with Crippen molar-refractivity contribution < 1.29 is 43.5 Å². The summed E-state index contributed by atoms with van der Waals surface area (Å²) in [6, 6.07) is -6.72. The first-order chi connectivity index (χ1) is 15.1. The molecule has 184 valence electrons. The summed E-state index contributed by atoms with van der Waals surface area (Å²) in [5.74, 6) is -9.24. The van der Waals surface area contributed by atoms with Crippen LogP contribution in [-0.2, 0) is 38.4 Å². The molecular weight excluding hydrogens is 448 g/mol. The van der Waals surface area contributed by atoms with Gasteiger partial charge in [0.05, 0.1) is 31.7 Å². The number of carboxylic acids is 1. The van der Waals surface area contributed by atoms with Crippen LogP contribution < -0.4 is 44.6 Å². The van der Waals surface area contributed by atoms with Crippen molar-refractivity contribution in [2.75, 3.05) is 0 Å². The molecule has 0 aromatic carbocycles. The summed E-state index contributed by atoms with van der Waals surface area (Å²) < 4.78 is 0. The summed E-state index contributed by atoms with van der Waals surface area (Å²) >= 11 is 0. The molecule has 14 N–H and O–H groups in total. The Kier molecular flexibility index (Phi) is 11.5. The molecule has 4 unspecified atom stereocenters. The van der Waals surface area contributed by atoms with Crippen LogP contribution in [0, 0.1) is 0 Å². The summed E-state index contributed by atoms with van der Waals surface area (Å²) in [5.41, 5.74) is 25.4. The topological polar surface area (TPSA) is 323 Å². The van der Waals surface area contributed by atoms with Gasteiger partial charge < -0.3 is 49.7 Å². The van der Waals surface area contributed by atoms with Gasteiger partial charge >= 0.3 is 5.97 Å². The molecule has 33 heavy (non-hydrogen) atoms. The summed E-state index contributed by atoms with van der Waals surface area (Å²) in [6.07, 6.45) is -2.97. The molecule has 0 aromatic rings. The lowest BCUT2D eigenvalue weighted by Crippen LogP contribution is -2.58. The molecule has 4 atom stereocenters. The minimum Gasteiger partial charge on any atom is -0.480 e. The number of hydrogen-bond acceptors (Lipinski definition) is 9. The molecule has 17 nitrogen and oxygen atoms in total. The Morgan fingerprint density at radius 2 is 0.848 bits per heavy atom. The second-order valence-electron chi connectivity index (χ2n) is 6.81. The van der Waals surface area contributed by atoms with E-state index in [2.05, 4.69) is 0 Å². The fourth-order valence-corrected chi connectivity index (χ4v) is 2.36. The molecule has 0 aromatic heterocycles. The summed E-state index contributed by atoms with van der Waals surface area (Å²) in [5, 5.41) is 15.0. The SMILES string of the molecule is NC(=O)CC(N)C(=O)NC(CC(N)=O)C(=O)NC(CC(N)=O)C(=O)NC(CC(N)=O)C(=O)O. The van der Waals surface area contributed by atoms with Crippen LogP contribution in [-0.4, -0.2) is 76.6 Å². The van der Waals surface area contributed by atoms with Crippen molar-refractivity contribution >= 4 is 47.3 Å². The van der Waals surface area contributed by atoms with E-state index in [1.54, 1.807) is 0 Å². The van der Waals surface area contributed by atoms with Gasteiger partial charge in [-0.1, -0.05) is 0 Å². The Morgan fingerprint density at radius 3 is 1.18 bits per heavy atom. The zero-order valence-electron chi connectivity index (χ0n) is 17.2. The fraction of sp³-hybridized carbons (Fsp3) is 0.500. The van der Waals surface area contributed by atoms with Gasteiger partial charge in [-0.15, -0.1) is 0 Å². The maximum atomic E-state index is 12.6. The van der Waals surface area contributed by atoms with Crippen molar-refractivity contribution in [3.05, 3.63) is 0 Å². The number of nitrogens with one attached hydrogen (secondary N) is 3. The number of nitrogens with two attached hydrogens (primary N) is 5. The molecule has 0 bridgehead atoms. The first kappa shape index (κ1) is 28.7. The highest BCUT2D eigenvalue weighted by atomic mass is 16.4. The number of amides is 7. The summed E-state index contributed by atoms with van der Waals surface area (Å²) in [7, 11) is 0. The van der Waals surface area contributed by atoms with E-state index in [1.807, 2.05) is 16.0 Å². The van der Waals surface area contributed by atoms with Crippen LogP contribution in [0.4, 0.5) is 0 Å². The van der Waals surface area contributed by atoms with Crippen molar-refractivity contribution in [1.82, 2.24) is 16.0 Å². The van der Waals surface area contributed by atoms with Crippen LogP contribution in [0.3, 0.4) is 0 Å². The third-order valence-electron chi connectivity index (χ3n) is 3.85. The normalized spacial score (nSPS) is 14.0. The average molecular weight is 474 g/mol. The van der Waals surface area contributed by atoms with Crippen molar-refractivity contribution in [3.8, 4) is 0 Å². The van der Waals surface area contributed by atoms with Crippen LogP contribution in [0.5, 0.6) is 0 Å². The Morgan fingerprint density at radius 1 is 0.545 bits per heavy atom. The van der Waals surface area contributed by atoms with Gasteiger partial charge in [0.1, 0.15) is 18.1 Å². The van der Waals surface area contributed by atoms with Gasteiger partial charge in [0, 0.05) is 0 Å². The third-order valence-corrected chi connectivity index (χ3v) is 3.85. The van der Waals surface area contributed by atoms with E-state index < -0.39 is 97.2 Å². The largest absolute Gasteiger partial charge is 0.480 e. The highest BCUT2D eigenvalue weighted by molar-refractivity contribution is 5.98. The third kappa shape index (κ3) is 11.6. The fourth-order valence-electron chi connectivity index (χ4n) is 2.36. The summed E-state index contributed by atoms with van der Waals surface area (Å²) in [6.45, 7) is 0. The zero-order valence-corrected chi connectivity index (χ0v) is 17.2. The molecule has 0 aliphatic rings. The second-order valence-corrected chi connectivity index (χ2v) is 6.81. The minimum atomic E-state index is -1.78. The van der Waals surface area contributed by atoms with Crippen molar-refractivity contribution in [2.24, 2.45) is 28.7 Å². The van der Waals surface area contributed by atoms with Gasteiger partial charge in [-0.3, -0.25) is 33.6 Å². The molecule has 0 fully saturated rings. The zero-order chi connectivity index (χ0) is 25.9. The van der Waals surface area contributed by atoms with E-state index in [-0.39, 0.29) is 0 Å². The highest BCUT2D eigenvalue weighted by Crippen LogP contribution is 2.01. The van der Waals surface area contributed by atoms with Crippen LogP contribution in [0.2, 0.25) is 0 Å². The molecule has 0 aliphatic carbocycles.